The Bertz CT molecular complexity index is 902. The number of fused-ring (bicyclic) bond motifs is 1. The molecular weight excluding hydrogens is 398 g/mol. The molecule has 4 nitrogen and oxygen atoms in total. The highest BCUT2D eigenvalue weighted by Gasteiger charge is 2.39. The molecule has 1 saturated carbocycles. The third kappa shape index (κ3) is 6.20. The van der Waals surface area contributed by atoms with Crippen molar-refractivity contribution in [1.82, 2.24) is 4.90 Å². The molecule has 0 amide bonds. The quantitative estimate of drug-likeness (QED) is 0.452. The lowest BCUT2D eigenvalue weighted by molar-refractivity contribution is -0.136. The molecule has 2 aromatic rings. The van der Waals surface area contributed by atoms with Crippen molar-refractivity contribution < 1.29 is 14.6 Å². The molecule has 3 atom stereocenters. The highest BCUT2D eigenvalue weighted by molar-refractivity contribution is 5.82. The Morgan fingerprint density at radius 2 is 1.78 bits per heavy atom. The van der Waals surface area contributed by atoms with Crippen LogP contribution in [0.1, 0.15) is 63.4 Å². The number of carboxylic acids is 1. The molecule has 0 aromatic heterocycles. The summed E-state index contributed by atoms with van der Waals surface area (Å²) in [4.78, 5) is 13.4. The fourth-order valence-electron chi connectivity index (χ4n) is 5.56. The van der Waals surface area contributed by atoms with Crippen molar-refractivity contribution in [2.75, 3.05) is 13.1 Å². The summed E-state index contributed by atoms with van der Waals surface area (Å²) in [6, 6.07) is 15.8. The molecule has 172 valence electrons. The number of rotatable bonds is 10. The summed E-state index contributed by atoms with van der Waals surface area (Å²) in [7, 11) is 0. The molecule has 4 heteroatoms. The summed E-state index contributed by atoms with van der Waals surface area (Å²) in [5, 5.41) is 11.4. The molecule has 1 heterocycles. The maximum Gasteiger partial charge on any atom is 0.303 e. The van der Waals surface area contributed by atoms with Gasteiger partial charge in [-0.25, -0.2) is 0 Å². The fourth-order valence-corrected chi connectivity index (χ4v) is 5.56. The average Bonchev–Trinajstić information content (AvgIpc) is 3.23. The zero-order valence-electron chi connectivity index (χ0n) is 19.1. The topological polar surface area (TPSA) is 49.8 Å². The number of piperidine rings is 1. The number of allylic oxidation sites excluding steroid dienone is 2. The smallest absolute Gasteiger partial charge is 0.303 e. The lowest BCUT2D eigenvalue weighted by Crippen LogP contribution is -2.43. The van der Waals surface area contributed by atoms with Crippen molar-refractivity contribution in [1.29, 1.82) is 0 Å². The summed E-state index contributed by atoms with van der Waals surface area (Å²) in [6.07, 6.45) is 13.9. The van der Waals surface area contributed by atoms with Gasteiger partial charge in [0.15, 0.2) is 0 Å². The fraction of sp³-hybridized carbons (Fsp3) is 0.536. The Labute approximate surface area is 192 Å². The van der Waals surface area contributed by atoms with Crippen molar-refractivity contribution in [3.63, 3.8) is 0 Å². The number of ether oxygens (including phenoxy) is 1. The number of aliphatic carboxylic acids is 1. The van der Waals surface area contributed by atoms with Gasteiger partial charge < -0.3 is 14.7 Å². The molecule has 2 fully saturated rings. The van der Waals surface area contributed by atoms with E-state index in [9.17, 15) is 4.79 Å². The van der Waals surface area contributed by atoms with Gasteiger partial charge >= 0.3 is 5.97 Å². The summed E-state index contributed by atoms with van der Waals surface area (Å²) in [5.41, 5.74) is 1.25. The number of hydrogen-bond donors (Lipinski definition) is 1. The predicted octanol–water partition coefficient (Wildman–Crippen LogP) is 6.19. The zero-order chi connectivity index (χ0) is 22.2. The standard InChI is InChI=1S/C28H37NO3/c30-28(31)13-5-2-1-4-12-25-26(29-18-8-3-9-19-29)16-17-27(25)32-21-22-14-15-23-10-6-7-11-24(23)20-22/h1-2,6-7,10-11,14-15,20,25-27H,3-5,8-9,12-13,16-19,21H2,(H,30,31). The van der Waals surface area contributed by atoms with Gasteiger partial charge in [0.25, 0.3) is 0 Å². The second-order valence-corrected chi connectivity index (χ2v) is 9.42. The van der Waals surface area contributed by atoms with E-state index >= 15 is 0 Å². The van der Waals surface area contributed by atoms with Crippen LogP contribution in [-0.4, -0.2) is 41.2 Å². The Morgan fingerprint density at radius 3 is 2.59 bits per heavy atom. The van der Waals surface area contributed by atoms with E-state index in [1.54, 1.807) is 0 Å². The molecule has 3 unspecified atom stereocenters. The van der Waals surface area contributed by atoms with Crippen LogP contribution in [0.5, 0.6) is 0 Å². The lowest BCUT2D eigenvalue weighted by atomic mass is 9.93. The Hall–Kier alpha value is -2.17. The molecule has 4 rings (SSSR count). The van der Waals surface area contributed by atoms with E-state index in [0.29, 0.717) is 31.1 Å². The van der Waals surface area contributed by atoms with E-state index in [2.05, 4.69) is 53.4 Å². The number of benzene rings is 2. The molecular formula is C28H37NO3. The van der Waals surface area contributed by atoms with Gasteiger partial charge in [-0.3, -0.25) is 4.79 Å². The number of carbonyl (C=O) groups is 1. The van der Waals surface area contributed by atoms with Crippen molar-refractivity contribution in [3.05, 3.63) is 60.2 Å². The lowest BCUT2D eigenvalue weighted by Gasteiger charge is -2.37. The number of nitrogens with zero attached hydrogens (tertiary/aromatic N) is 1. The van der Waals surface area contributed by atoms with Crippen LogP contribution in [0, 0.1) is 5.92 Å². The van der Waals surface area contributed by atoms with Gasteiger partial charge in [-0.15, -0.1) is 0 Å². The van der Waals surface area contributed by atoms with Crippen LogP contribution in [0.2, 0.25) is 0 Å². The molecule has 2 aromatic carbocycles. The molecule has 32 heavy (non-hydrogen) atoms. The van der Waals surface area contributed by atoms with Gasteiger partial charge in [0.1, 0.15) is 0 Å². The summed E-state index contributed by atoms with van der Waals surface area (Å²) in [6.45, 7) is 3.13. The van der Waals surface area contributed by atoms with E-state index in [0.717, 1.165) is 19.3 Å². The van der Waals surface area contributed by atoms with Gasteiger partial charge in [0.2, 0.25) is 0 Å². The molecule has 1 aliphatic carbocycles. The maximum atomic E-state index is 10.7. The SMILES string of the molecule is O=C(O)CCC=CCCC1C(OCc2ccc3ccccc3c2)CCC1N1CCCCC1. The van der Waals surface area contributed by atoms with Gasteiger partial charge in [-0.2, -0.15) is 0 Å². The van der Waals surface area contributed by atoms with Crippen LogP contribution in [0.15, 0.2) is 54.6 Å². The zero-order valence-corrected chi connectivity index (χ0v) is 19.1. The maximum absolute atomic E-state index is 10.7. The highest BCUT2D eigenvalue weighted by Crippen LogP contribution is 2.37. The van der Waals surface area contributed by atoms with E-state index in [-0.39, 0.29) is 6.42 Å². The van der Waals surface area contributed by atoms with Crippen LogP contribution in [0.3, 0.4) is 0 Å². The van der Waals surface area contributed by atoms with Crippen molar-refractivity contribution in [2.24, 2.45) is 5.92 Å². The minimum Gasteiger partial charge on any atom is -0.481 e. The first-order chi connectivity index (χ1) is 15.7. The van der Waals surface area contributed by atoms with Gasteiger partial charge in [0.05, 0.1) is 12.7 Å². The largest absolute Gasteiger partial charge is 0.481 e. The summed E-state index contributed by atoms with van der Waals surface area (Å²) < 4.78 is 6.55. The molecule has 0 bridgehead atoms. The van der Waals surface area contributed by atoms with Gasteiger partial charge in [0, 0.05) is 18.4 Å². The highest BCUT2D eigenvalue weighted by atomic mass is 16.5. The first-order valence-corrected chi connectivity index (χ1v) is 12.4. The molecule has 1 aliphatic heterocycles. The van der Waals surface area contributed by atoms with E-state index in [4.69, 9.17) is 9.84 Å². The molecule has 0 spiro atoms. The Kier molecular flexibility index (Phi) is 8.36. The third-order valence-corrected chi connectivity index (χ3v) is 7.21. The van der Waals surface area contributed by atoms with E-state index in [1.807, 2.05) is 6.08 Å². The van der Waals surface area contributed by atoms with Crippen LogP contribution in [0.25, 0.3) is 10.8 Å². The molecule has 2 aliphatic rings. The van der Waals surface area contributed by atoms with Crippen molar-refractivity contribution >= 4 is 16.7 Å². The third-order valence-electron chi connectivity index (χ3n) is 7.21. The van der Waals surface area contributed by atoms with Crippen LogP contribution >= 0.6 is 0 Å². The van der Waals surface area contributed by atoms with Crippen molar-refractivity contribution in [2.45, 2.75) is 76.5 Å². The average molecular weight is 436 g/mol. The predicted molar refractivity (Wildman–Crippen MR) is 130 cm³/mol. The second kappa shape index (κ2) is 11.6. The number of likely N-dealkylation sites (tertiary alicyclic amines) is 1. The first-order valence-electron chi connectivity index (χ1n) is 12.4. The van der Waals surface area contributed by atoms with Crippen LogP contribution < -0.4 is 0 Å². The normalized spacial score (nSPS) is 24.4. The minimum atomic E-state index is -0.724. The molecule has 0 radical (unpaired) electrons. The van der Waals surface area contributed by atoms with Crippen LogP contribution in [0.4, 0.5) is 0 Å². The monoisotopic (exact) mass is 435 g/mol. The van der Waals surface area contributed by atoms with Crippen molar-refractivity contribution in [3.8, 4) is 0 Å². The second-order valence-electron chi connectivity index (χ2n) is 9.42. The van der Waals surface area contributed by atoms with E-state index < -0.39 is 5.97 Å². The van der Waals surface area contributed by atoms with Crippen LogP contribution in [-0.2, 0) is 16.1 Å². The minimum absolute atomic E-state index is 0.216. The number of carboxylic acid groups (broad SMARTS) is 1. The first kappa shape index (κ1) is 23.0. The molecule has 1 N–H and O–H groups in total. The molecule has 1 saturated heterocycles. The Balaban J connectivity index is 1.37. The van der Waals surface area contributed by atoms with E-state index in [1.165, 1.54) is 55.1 Å². The Morgan fingerprint density at radius 1 is 1.00 bits per heavy atom. The van der Waals surface area contributed by atoms with Gasteiger partial charge in [-0.1, -0.05) is 55.0 Å². The summed E-state index contributed by atoms with van der Waals surface area (Å²) >= 11 is 0. The number of hydrogen-bond acceptors (Lipinski definition) is 3. The van der Waals surface area contributed by atoms with Gasteiger partial charge in [-0.05, 0) is 80.4 Å². The summed E-state index contributed by atoms with van der Waals surface area (Å²) in [5.74, 6) is -0.171.